The summed E-state index contributed by atoms with van der Waals surface area (Å²) >= 11 is 0. The lowest BCUT2D eigenvalue weighted by Crippen LogP contribution is -2.12. The van der Waals surface area contributed by atoms with E-state index in [1.165, 1.54) is 106 Å². The maximum Gasteiger partial charge on any atom is 0.0245 e. The molecule has 0 saturated heterocycles. The van der Waals surface area contributed by atoms with Gasteiger partial charge in [-0.05, 0) is 86.1 Å². The molecule has 0 heterocycles. The van der Waals surface area contributed by atoms with E-state index in [9.17, 15) is 0 Å². The molecule has 0 unspecified atom stereocenters. The number of unbranched alkanes of at least 4 members (excludes halogenated alkanes) is 5. The minimum atomic E-state index is 0.568. The Hall–Kier alpha value is -2.00. The molecule has 1 aliphatic rings. The van der Waals surface area contributed by atoms with Gasteiger partial charge in [0.25, 0.3) is 0 Å². The summed E-state index contributed by atoms with van der Waals surface area (Å²) in [7, 11) is 0. The van der Waals surface area contributed by atoms with Gasteiger partial charge < -0.3 is 0 Å². The van der Waals surface area contributed by atoms with Gasteiger partial charge in [0.1, 0.15) is 0 Å². The fraction of sp³-hybridized carbons (Fsp3) is 0.548. The Morgan fingerprint density at radius 2 is 1.23 bits per heavy atom. The van der Waals surface area contributed by atoms with E-state index in [1.807, 2.05) is 0 Å². The first-order valence-corrected chi connectivity index (χ1v) is 13.0. The Labute approximate surface area is 191 Å². The number of benzene rings is 2. The number of hydrogen-bond acceptors (Lipinski definition) is 0. The first-order valence-electron chi connectivity index (χ1n) is 13.0. The Bertz CT molecular complexity index is 792. The van der Waals surface area contributed by atoms with Crippen LogP contribution < -0.4 is 0 Å². The molecule has 166 valence electrons. The standard InChI is InChI=1S/C31H42/c1-3-5-7-8-9-11-27-12-14-28(15-13-27)16-17-29-20-24-31(25-21-29)30-22-18-26(19-23-30)10-6-4-2/h12-15,18-19,22-23,29,31H,3-11,20-21,24-25H2,1-2H3. The van der Waals surface area contributed by atoms with Crippen molar-refractivity contribution in [3.05, 3.63) is 70.8 Å². The highest BCUT2D eigenvalue weighted by molar-refractivity contribution is 5.37. The normalized spacial score (nSPS) is 18.4. The van der Waals surface area contributed by atoms with E-state index in [0.717, 1.165) is 5.92 Å². The Balaban J connectivity index is 1.42. The molecule has 1 fully saturated rings. The zero-order chi connectivity index (χ0) is 21.7. The van der Waals surface area contributed by atoms with Gasteiger partial charge in [0.05, 0.1) is 0 Å². The van der Waals surface area contributed by atoms with Crippen molar-refractivity contribution in [1.29, 1.82) is 0 Å². The molecule has 1 saturated carbocycles. The van der Waals surface area contributed by atoms with Gasteiger partial charge >= 0.3 is 0 Å². The maximum atomic E-state index is 3.58. The molecule has 2 aromatic carbocycles. The topological polar surface area (TPSA) is 0 Å². The predicted octanol–water partition coefficient (Wildman–Crippen LogP) is 8.87. The van der Waals surface area contributed by atoms with Crippen LogP contribution in [0.4, 0.5) is 0 Å². The van der Waals surface area contributed by atoms with Gasteiger partial charge in [-0.1, -0.05) is 94.2 Å². The average Bonchev–Trinajstić information content (AvgIpc) is 2.83. The molecule has 3 rings (SSSR count). The van der Waals surface area contributed by atoms with Crippen molar-refractivity contribution in [2.75, 3.05) is 0 Å². The van der Waals surface area contributed by atoms with Crippen LogP contribution in [0.3, 0.4) is 0 Å². The van der Waals surface area contributed by atoms with Crippen LogP contribution >= 0.6 is 0 Å². The third-order valence-corrected chi connectivity index (χ3v) is 6.94. The van der Waals surface area contributed by atoms with Crippen LogP contribution in [0.15, 0.2) is 48.5 Å². The van der Waals surface area contributed by atoms with E-state index in [1.54, 1.807) is 0 Å². The van der Waals surface area contributed by atoms with E-state index in [-0.39, 0.29) is 0 Å². The van der Waals surface area contributed by atoms with Crippen molar-refractivity contribution in [3.8, 4) is 11.8 Å². The van der Waals surface area contributed by atoms with Crippen LogP contribution in [-0.2, 0) is 12.8 Å². The predicted molar refractivity (Wildman–Crippen MR) is 136 cm³/mol. The third-order valence-electron chi connectivity index (χ3n) is 6.94. The second-order valence-corrected chi connectivity index (χ2v) is 9.52. The molecular formula is C31H42. The zero-order valence-corrected chi connectivity index (χ0v) is 20.0. The van der Waals surface area contributed by atoms with Crippen LogP contribution in [0.1, 0.15) is 113 Å². The molecular weight excluding hydrogens is 372 g/mol. The van der Waals surface area contributed by atoms with Crippen molar-refractivity contribution in [2.24, 2.45) is 5.92 Å². The van der Waals surface area contributed by atoms with E-state index < -0.39 is 0 Å². The second-order valence-electron chi connectivity index (χ2n) is 9.52. The van der Waals surface area contributed by atoms with Crippen molar-refractivity contribution in [3.63, 3.8) is 0 Å². The number of hydrogen-bond donors (Lipinski definition) is 0. The summed E-state index contributed by atoms with van der Waals surface area (Å²) in [5.74, 6) is 8.33. The van der Waals surface area contributed by atoms with Gasteiger partial charge in [-0.2, -0.15) is 0 Å². The summed E-state index contributed by atoms with van der Waals surface area (Å²) in [6.45, 7) is 4.54. The van der Waals surface area contributed by atoms with Crippen LogP contribution in [0.25, 0.3) is 0 Å². The summed E-state index contributed by atoms with van der Waals surface area (Å²) < 4.78 is 0. The van der Waals surface area contributed by atoms with Crippen molar-refractivity contribution in [1.82, 2.24) is 0 Å². The smallest absolute Gasteiger partial charge is 0.0245 e. The highest BCUT2D eigenvalue weighted by atomic mass is 14.2. The van der Waals surface area contributed by atoms with Crippen molar-refractivity contribution >= 4 is 0 Å². The summed E-state index contributed by atoms with van der Waals surface area (Å²) in [5, 5.41) is 0. The van der Waals surface area contributed by atoms with Crippen molar-refractivity contribution in [2.45, 2.75) is 103 Å². The fourth-order valence-electron chi connectivity index (χ4n) is 4.78. The molecule has 0 amide bonds. The monoisotopic (exact) mass is 414 g/mol. The first-order chi connectivity index (χ1) is 15.3. The second kappa shape index (κ2) is 13.4. The molecule has 0 N–H and O–H groups in total. The largest absolute Gasteiger partial charge is 0.0945 e. The van der Waals surface area contributed by atoms with Crippen LogP contribution in [0, 0.1) is 17.8 Å². The molecule has 2 aromatic rings. The summed E-state index contributed by atoms with van der Waals surface area (Å²) in [6, 6.07) is 18.5. The summed E-state index contributed by atoms with van der Waals surface area (Å²) in [4.78, 5) is 0. The molecule has 31 heavy (non-hydrogen) atoms. The Morgan fingerprint density at radius 1 is 0.645 bits per heavy atom. The lowest BCUT2D eigenvalue weighted by molar-refractivity contribution is 0.384. The quantitative estimate of drug-likeness (QED) is 0.269. The molecule has 0 heteroatoms. The highest BCUT2D eigenvalue weighted by Crippen LogP contribution is 2.35. The van der Waals surface area contributed by atoms with Gasteiger partial charge in [0, 0.05) is 11.5 Å². The average molecular weight is 415 g/mol. The number of aryl methyl sites for hydroxylation is 2. The first kappa shape index (κ1) is 23.7. The maximum absolute atomic E-state index is 3.58. The van der Waals surface area contributed by atoms with Crippen molar-refractivity contribution < 1.29 is 0 Å². The van der Waals surface area contributed by atoms with Crippen LogP contribution in [0.2, 0.25) is 0 Å². The minimum Gasteiger partial charge on any atom is -0.0945 e. The van der Waals surface area contributed by atoms with Crippen LogP contribution in [0.5, 0.6) is 0 Å². The minimum absolute atomic E-state index is 0.568. The van der Waals surface area contributed by atoms with Gasteiger partial charge in [0.2, 0.25) is 0 Å². The summed E-state index contributed by atoms with van der Waals surface area (Å²) in [5.41, 5.74) is 5.67. The third kappa shape index (κ3) is 8.22. The lowest BCUT2D eigenvalue weighted by Gasteiger charge is -2.26. The van der Waals surface area contributed by atoms with Gasteiger partial charge in [-0.15, -0.1) is 0 Å². The summed E-state index contributed by atoms with van der Waals surface area (Å²) in [6.07, 6.45) is 16.8. The zero-order valence-electron chi connectivity index (χ0n) is 20.0. The molecule has 0 spiro atoms. The van der Waals surface area contributed by atoms with Gasteiger partial charge in [0.15, 0.2) is 0 Å². The highest BCUT2D eigenvalue weighted by Gasteiger charge is 2.21. The Morgan fingerprint density at radius 3 is 1.87 bits per heavy atom. The molecule has 0 aromatic heterocycles. The molecule has 0 atom stereocenters. The lowest BCUT2D eigenvalue weighted by atomic mass is 9.78. The van der Waals surface area contributed by atoms with E-state index in [4.69, 9.17) is 0 Å². The van der Waals surface area contributed by atoms with E-state index >= 15 is 0 Å². The molecule has 0 bridgehead atoms. The SMILES string of the molecule is CCCCCCCc1ccc(C#CC2CCC(c3ccc(CCCC)cc3)CC2)cc1. The van der Waals surface area contributed by atoms with Gasteiger partial charge in [-0.25, -0.2) is 0 Å². The molecule has 0 aliphatic heterocycles. The molecule has 1 aliphatic carbocycles. The fourth-order valence-corrected chi connectivity index (χ4v) is 4.78. The van der Waals surface area contributed by atoms with Gasteiger partial charge in [-0.3, -0.25) is 0 Å². The van der Waals surface area contributed by atoms with E-state index in [0.29, 0.717) is 5.92 Å². The molecule has 0 radical (unpaired) electrons. The molecule has 0 nitrogen and oxygen atoms in total. The Kier molecular flexibility index (Phi) is 10.2. The van der Waals surface area contributed by atoms with Crippen LogP contribution in [-0.4, -0.2) is 0 Å². The number of rotatable bonds is 10. The van der Waals surface area contributed by atoms with E-state index in [2.05, 4.69) is 74.2 Å².